The Labute approximate surface area is 84.8 Å². The maximum Gasteiger partial charge on any atom is 0.308 e. The Bertz CT molecular complexity index is 225. The van der Waals surface area contributed by atoms with E-state index in [1.807, 2.05) is 6.92 Å². The predicted molar refractivity (Wildman–Crippen MR) is 52.6 cm³/mol. The van der Waals surface area contributed by atoms with Crippen LogP contribution in [0.2, 0.25) is 0 Å². The number of ether oxygens (including phenoxy) is 1. The molecule has 0 aromatic rings. The van der Waals surface area contributed by atoms with Gasteiger partial charge in [0.15, 0.2) is 0 Å². The zero-order valence-electron chi connectivity index (χ0n) is 9.03. The molecule has 0 bridgehead atoms. The van der Waals surface area contributed by atoms with Crippen molar-refractivity contribution in [3.8, 4) is 0 Å². The molecule has 0 aromatic heterocycles. The normalized spacial score (nSPS) is 33.8. The van der Waals surface area contributed by atoms with Crippen molar-refractivity contribution in [2.75, 3.05) is 7.11 Å². The van der Waals surface area contributed by atoms with Gasteiger partial charge in [0.05, 0.1) is 13.0 Å². The summed E-state index contributed by atoms with van der Waals surface area (Å²) in [5.41, 5.74) is 0. The molecule has 4 unspecified atom stereocenters. The SMILES string of the molecule is COC(=O)C(C)C1CCC(C)C1C=O. The molecular formula is C11H18O3. The monoisotopic (exact) mass is 198 g/mol. The molecule has 1 fully saturated rings. The van der Waals surface area contributed by atoms with Gasteiger partial charge in [-0.05, 0) is 24.7 Å². The van der Waals surface area contributed by atoms with Crippen LogP contribution in [0.25, 0.3) is 0 Å². The molecule has 3 nitrogen and oxygen atoms in total. The zero-order chi connectivity index (χ0) is 10.7. The predicted octanol–water partition coefficient (Wildman–Crippen LogP) is 1.66. The van der Waals surface area contributed by atoms with E-state index < -0.39 is 0 Å². The fraction of sp³-hybridized carbons (Fsp3) is 0.818. The molecule has 0 radical (unpaired) electrons. The van der Waals surface area contributed by atoms with Gasteiger partial charge in [0, 0.05) is 5.92 Å². The van der Waals surface area contributed by atoms with Gasteiger partial charge in [0.2, 0.25) is 0 Å². The molecule has 0 aromatic carbocycles. The van der Waals surface area contributed by atoms with Crippen molar-refractivity contribution >= 4 is 12.3 Å². The second-order valence-electron chi connectivity index (χ2n) is 4.24. The van der Waals surface area contributed by atoms with Crippen LogP contribution in [0.3, 0.4) is 0 Å². The van der Waals surface area contributed by atoms with Crippen LogP contribution in [0.4, 0.5) is 0 Å². The van der Waals surface area contributed by atoms with E-state index in [-0.39, 0.29) is 23.7 Å². The molecule has 1 saturated carbocycles. The number of rotatable bonds is 3. The summed E-state index contributed by atoms with van der Waals surface area (Å²) < 4.78 is 4.70. The number of methoxy groups -OCH3 is 1. The first kappa shape index (κ1) is 11.2. The maximum atomic E-state index is 11.3. The van der Waals surface area contributed by atoms with Crippen LogP contribution in [0.5, 0.6) is 0 Å². The average molecular weight is 198 g/mol. The van der Waals surface area contributed by atoms with Gasteiger partial charge in [-0.15, -0.1) is 0 Å². The lowest BCUT2D eigenvalue weighted by atomic mass is 9.83. The molecule has 0 heterocycles. The van der Waals surface area contributed by atoms with Crippen LogP contribution in [-0.4, -0.2) is 19.4 Å². The van der Waals surface area contributed by atoms with Crippen LogP contribution in [-0.2, 0) is 14.3 Å². The Morgan fingerprint density at radius 2 is 2.14 bits per heavy atom. The van der Waals surface area contributed by atoms with Gasteiger partial charge in [-0.1, -0.05) is 13.8 Å². The van der Waals surface area contributed by atoms with Gasteiger partial charge in [-0.3, -0.25) is 4.79 Å². The van der Waals surface area contributed by atoms with Crippen molar-refractivity contribution < 1.29 is 14.3 Å². The van der Waals surface area contributed by atoms with Crippen molar-refractivity contribution in [3.63, 3.8) is 0 Å². The molecule has 4 atom stereocenters. The Hall–Kier alpha value is -0.860. The summed E-state index contributed by atoms with van der Waals surface area (Å²) in [5, 5.41) is 0. The first-order chi connectivity index (χ1) is 6.61. The summed E-state index contributed by atoms with van der Waals surface area (Å²) in [7, 11) is 1.40. The van der Waals surface area contributed by atoms with Gasteiger partial charge < -0.3 is 9.53 Å². The number of esters is 1. The van der Waals surface area contributed by atoms with Gasteiger partial charge in [0.1, 0.15) is 6.29 Å². The van der Waals surface area contributed by atoms with Crippen LogP contribution in [0.1, 0.15) is 26.7 Å². The Balaban J connectivity index is 2.68. The fourth-order valence-corrected chi connectivity index (χ4v) is 2.44. The summed E-state index contributed by atoms with van der Waals surface area (Å²) in [5.74, 6) is 0.264. The number of carbonyl (C=O) groups is 2. The third kappa shape index (κ3) is 1.97. The fourth-order valence-electron chi connectivity index (χ4n) is 2.44. The number of hydrogen-bond donors (Lipinski definition) is 0. The van der Waals surface area contributed by atoms with E-state index in [2.05, 4.69) is 6.92 Å². The minimum Gasteiger partial charge on any atom is -0.469 e. The molecule has 1 aliphatic rings. The number of carbonyl (C=O) groups excluding carboxylic acids is 2. The molecule has 0 aliphatic heterocycles. The molecule has 0 saturated heterocycles. The van der Waals surface area contributed by atoms with E-state index >= 15 is 0 Å². The molecule has 3 heteroatoms. The smallest absolute Gasteiger partial charge is 0.308 e. The van der Waals surface area contributed by atoms with Crippen molar-refractivity contribution in [2.24, 2.45) is 23.7 Å². The molecule has 1 aliphatic carbocycles. The summed E-state index contributed by atoms with van der Waals surface area (Å²) in [6, 6.07) is 0. The standard InChI is InChI=1S/C11H18O3/c1-7-4-5-9(10(7)6-12)8(2)11(13)14-3/h6-10H,4-5H2,1-3H3. The van der Waals surface area contributed by atoms with E-state index in [1.54, 1.807) is 0 Å². The molecule has 0 spiro atoms. The van der Waals surface area contributed by atoms with Gasteiger partial charge >= 0.3 is 5.97 Å². The maximum absolute atomic E-state index is 11.3. The second kappa shape index (κ2) is 4.58. The highest BCUT2D eigenvalue weighted by Gasteiger charge is 2.39. The first-order valence-electron chi connectivity index (χ1n) is 5.15. The third-order valence-corrected chi connectivity index (χ3v) is 3.48. The lowest BCUT2D eigenvalue weighted by Crippen LogP contribution is -2.27. The summed E-state index contributed by atoms with van der Waals surface area (Å²) in [4.78, 5) is 22.2. The first-order valence-corrected chi connectivity index (χ1v) is 5.15. The van der Waals surface area contributed by atoms with Crippen LogP contribution < -0.4 is 0 Å². The molecule has 1 rings (SSSR count). The largest absolute Gasteiger partial charge is 0.469 e. The Kier molecular flexibility index (Phi) is 3.67. The summed E-state index contributed by atoms with van der Waals surface area (Å²) in [6.45, 7) is 3.92. The molecule has 0 amide bonds. The van der Waals surface area contributed by atoms with Crippen molar-refractivity contribution in [2.45, 2.75) is 26.7 Å². The zero-order valence-corrected chi connectivity index (χ0v) is 9.03. The number of aldehydes is 1. The Morgan fingerprint density at radius 1 is 1.50 bits per heavy atom. The van der Waals surface area contributed by atoms with Gasteiger partial charge in [-0.25, -0.2) is 0 Å². The molecular weight excluding hydrogens is 180 g/mol. The summed E-state index contributed by atoms with van der Waals surface area (Å²) >= 11 is 0. The highest BCUT2D eigenvalue weighted by molar-refractivity contribution is 5.73. The molecule has 0 N–H and O–H groups in total. The minimum atomic E-state index is -0.198. The van der Waals surface area contributed by atoms with Gasteiger partial charge in [-0.2, -0.15) is 0 Å². The van der Waals surface area contributed by atoms with Crippen LogP contribution in [0.15, 0.2) is 0 Å². The lowest BCUT2D eigenvalue weighted by molar-refractivity contribution is -0.147. The van der Waals surface area contributed by atoms with Crippen molar-refractivity contribution in [1.82, 2.24) is 0 Å². The van der Waals surface area contributed by atoms with Crippen LogP contribution >= 0.6 is 0 Å². The van der Waals surface area contributed by atoms with Crippen LogP contribution in [0, 0.1) is 23.7 Å². The van der Waals surface area contributed by atoms with Crippen molar-refractivity contribution in [1.29, 1.82) is 0 Å². The van der Waals surface area contributed by atoms with E-state index in [0.717, 1.165) is 19.1 Å². The van der Waals surface area contributed by atoms with E-state index in [0.29, 0.717) is 5.92 Å². The molecule has 80 valence electrons. The lowest BCUT2D eigenvalue weighted by Gasteiger charge is -2.21. The van der Waals surface area contributed by atoms with Gasteiger partial charge in [0.25, 0.3) is 0 Å². The second-order valence-corrected chi connectivity index (χ2v) is 4.24. The molecule has 14 heavy (non-hydrogen) atoms. The topological polar surface area (TPSA) is 43.4 Å². The summed E-state index contributed by atoms with van der Waals surface area (Å²) in [6.07, 6.45) is 3.00. The average Bonchev–Trinajstić information content (AvgIpc) is 2.57. The third-order valence-electron chi connectivity index (χ3n) is 3.48. The van der Waals surface area contributed by atoms with E-state index in [1.165, 1.54) is 7.11 Å². The van der Waals surface area contributed by atoms with E-state index in [4.69, 9.17) is 4.74 Å². The quantitative estimate of drug-likeness (QED) is 0.511. The highest BCUT2D eigenvalue weighted by atomic mass is 16.5. The Morgan fingerprint density at radius 3 is 2.64 bits per heavy atom. The highest BCUT2D eigenvalue weighted by Crippen LogP contribution is 2.40. The van der Waals surface area contributed by atoms with Crippen molar-refractivity contribution in [3.05, 3.63) is 0 Å². The number of hydrogen-bond acceptors (Lipinski definition) is 3. The van der Waals surface area contributed by atoms with E-state index in [9.17, 15) is 9.59 Å². The minimum absolute atomic E-state index is 0.0316.